The maximum atomic E-state index is 13.5. The topological polar surface area (TPSA) is 76.2 Å². The summed E-state index contributed by atoms with van der Waals surface area (Å²) < 4.78 is 46.8. The molecule has 158 valence electrons. The Morgan fingerprint density at radius 1 is 1.34 bits per heavy atom. The third-order valence-electron chi connectivity index (χ3n) is 5.81. The zero-order valence-corrected chi connectivity index (χ0v) is 16.4. The lowest BCUT2D eigenvalue weighted by molar-refractivity contribution is -0.173. The van der Waals surface area contributed by atoms with E-state index in [0.717, 1.165) is 4.68 Å². The van der Waals surface area contributed by atoms with Crippen molar-refractivity contribution in [2.24, 2.45) is 0 Å². The van der Waals surface area contributed by atoms with Crippen LogP contribution in [0.25, 0.3) is 0 Å². The second-order valence-electron chi connectivity index (χ2n) is 7.71. The van der Waals surface area contributed by atoms with Gasteiger partial charge in [0.15, 0.2) is 6.04 Å². The lowest BCUT2D eigenvalue weighted by atomic mass is 10.0. The van der Waals surface area contributed by atoms with Crippen molar-refractivity contribution >= 4 is 11.7 Å². The molecule has 10 heteroatoms. The number of halogens is 3. The van der Waals surface area contributed by atoms with E-state index in [2.05, 4.69) is 15.6 Å². The average molecular weight is 411 g/mol. The number of rotatable bonds is 4. The molecule has 0 aromatic carbocycles. The zero-order chi connectivity index (χ0) is 20.8. The highest BCUT2D eigenvalue weighted by molar-refractivity contribution is 5.91. The van der Waals surface area contributed by atoms with Crippen LogP contribution < -0.4 is 5.32 Å². The third kappa shape index (κ3) is 3.72. The van der Waals surface area contributed by atoms with E-state index in [1.807, 2.05) is 13.8 Å². The van der Waals surface area contributed by atoms with Gasteiger partial charge in [-0.05, 0) is 25.7 Å². The molecule has 4 heterocycles. The summed E-state index contributed by atoms with van der Waals surface area (Å²) in [6.45, 7) is 4.68. The van der Waals surface area contributed by atoms with Crippen molar-refractivity contribution in [2.75, 3.05) is 18.4 Å². The number of hydrogen-bond donors (Lipinski definition) is 1. The second kappa shape index (κ2) is 7.38. The number of hydrogen-bond acceptors (Lipinski definition) is 5. The number of alkyl halides is 3. The first kappa shape index (κ1) is 19.8. The summed E-state index contributed by atoms with van der Waals surface area (Å²) in [5, 5.41) is 11.3. The van der Waals surface area contributed by atoms with E-state index in [-0.39, 0.29) is 30.0 Å². The van der Waals surface area contributed by atoms with Gasteiger partial charge in [-0.25, -0.2) is 4.68 Å². The Kier molecular flexibility index (Phi) is 5.04. The van der Waals surface area contributed by atoms with Crippen LogP contribution >= 0.6 is 0 Å². The Bertz CT molecular complexity index is 891. The molecule has 2 aliphatic rings. The molecule has 0 saturated carbocycles. The number of likely N-dealkylation sites (tertiary alicyclic amines) is 1. The lowest BCUT2D eigenvalue weighted by Crippen LogP contribution is -2.38. The molecule has 0 radical (unpaired) electrons. The number of aryl methyl sites for hydroxylation is 1. The molecule has 7 nitrogen and oxygen atoms in total. The Morgan fingerprint density at radius 2 is 2.14 bits per heavy atom. The smallest absolute Gasteiger partial charge is 0.367 e. The van der Waals surface area contributed by atoms with E-state index in [0.29, 0.717) is 49.6 Å². The molecule has 0 unspecified atom stereocenters. The van der Waals surface area contributed by atoms with Crippen LogP contribution in [0.2, 0.25) is 0 Å². The van der Waals surface area contributed by atoms with Gasteiger partial charge >= 0.3 is 6.18 Å². The Labute approximate surface area is 166 Å². The largest absolute Gasteiger partial charge is 0.410 e. The van der Waals surface area contributed by atoms with Crippen LogP contribution in [0.4, 0.5) is 19.0 Å². The summed E-state index contributed by atoms with van der Waals surface area (Å²) in [5.74, 6) is 0.228. The van der Waals surface area contributed by atoms with E-state index in [4.69, 9.17) is 4.52 Å². The molecule has 2 aliphatic heterocycles. The minimum atomic E-state index is -4.35. The predicted molar refractivity (Wildman–Crippen MR) is 98.8 cm³/mol. The van der Waals surface area contributed by atoms with Crippen molar-refractivity contribution in [1.82, 2.24) is 19.8 Å². The molecule has 0 aliphatic carbocycles. The SMILES string of the molecule is CCc1cc(C(=O)N2CC[C@H](c3cc4n(n3)[C@@H](C(F)(F)F)C[C@@H](CC)N4)C2)on1. The third-order valence-corrected chi connectivity index (χ3v) is 5.81. The Morgan fingerprint density at radius 3 is 2.79 bits per heavy atom. The average Bonchev–Trinajstić information content (AvgIpc) is 3.43. The molecule has 29 heavy (non-hydrogen) atoms. The molecule has 3 atom stereocenters. The van der Waals surface area contributed by atoms with Crippen LogP contribution in [-0.2, 0) is 6.42 Å². The van der Waals surface area contributed by atoms with Crippen LogP contribution in [0.5, 0.6) is 0 Å². The van der Waals surface area contributed by atoms with Gasteiger partial charge in [0, 0.05) is 37.2 Å². The van der Waals surface area contributed by atoms with Gasteiger partial charge in [0.05, 0.1) is 11.4 Å². The van der Waals surface area contributed by atoms with E-state index in [9.17, 15) is 18.0 Å². The number of nitrogens with zero attached hydrogens (tertiary/aromatic N) is 4. The summed E-state index contributed by atoms with van der Waals surface area (Å²) in [6, 6.07) is 1.47. The van der Waals surface area contributed by atoms with Crippen LogP contribution in [0.3, 0.4) is 0 Å². The molecule has 4 rings (SSSR count). The summed E-state index contributed by atoms with van der Waals surface area (Å²) in [4.78, 5) is 14.3. The highest BCUT2D eigenvalue weighted by atomic mass is 19.4. The fourth-order valence-corrected chi connectivity index (χ4v) is 4.06. The second-order valence-corrected chi connectivity index (χ2v) is 7.71. The zero-order valence-electron chi connectivity index (χ0n) is 16.4. The lowest BCUT2D eigenvalue weighted by Gasteiger charge is -2.32. The van der Waals surface area contributed by atoms with Gasteiger partial charge in [-0.3, -0.25) is 4.79 Å². The van der Waals surface area contributed by atoms with E-state index in [1.165, 1.54) is 0 Å². The molecule has 2 aromatic rings. The summed E-state index contributed by atoms with van der Waals surface area (Å²) in [5.41, 5.74) is 1.29. The van der Waals surface area contributed by atoms with Crippen LogP contribution in [0.1, 0.15) is 67.0 Å². The van der Waals surface area contributed by atoms with Crippen molar-refractivity contribution in [3.63, 3.8) is 0 Å². The number of nitrogens with one attached hydrogen (secondary N) is 1. The molecular formula is C19H24F3N5O2. The van der Waals surface area contributed by atoms with Gasteiger partial charge < -0.3 is 14.7 Å². The minimum Gasteiger partial charge on any atom is -0.367 e. The molecule has 1 fully saturated rings. The van der Waals surface area contributed by atoms with E-state index < -0.39 is 12.2 Å². The van der Waals surface area contributed by atoms with Gasteiger partial charge in [-0.15, -0.1) is 0 Å². The van der Waals surface area contributed by atoms with Crippen molar-refractivity contribution in [2.45, 2.75) is 63.7 Å². The highest BCUT2D eigenvalue weighted by Gasteiger charge is 2.46. The molecule has 2 aromatic heterocycles. The number of carbonyl (C=O) groups is 1. The molecule has 0 spiro atoms. The maximum Gasteiger partial charge on any atom is 0.410 e. The monoisotopic (exact) mass is 411 g/mol. The standard InChI is InChI=1S/C19H24F3N5O2/c1-3-12-8-16(19(20,21)22)27-17(23-12)9-14(24-27)11-5-6-26(10-11)18(28)15-7-13(4-2)25-29-15/h7,9,11-12,16,23H,3-6,8,10H2,1-2H3/t11-,12+,16+/m0/s1. The summed E-state index contributed by atoms with van der Waals surface area (Å²) >= 11 is 0. The number of carbonyl (C=O) groups excluding carboxylic acids is 1. The van der Waals surface area contributed by atoms with Gasteiger partial charge in [-0.2, -0.15) is 18.3 Å². The summed E-state index contributed by atoms with van der Waals surface area (Å²) in [6.07, 6.45) is -2.46. The predicted octanol–water partition coefficient (Wildman–Crippen LogP) is 3.76. The van der Waals surface area contributed by atoms with Crippen LogP contribution in [-0.4, -0.2) is 51.1 Å². The van der Waals surface area contributed by atoms with Crippen LogP contribution in [0.15, 0.2) is 16.7 Å². The Hall–Kier alpha value is -2.52. The van der Waals surface area contributed by atoms with Crippen LogP contribution in [0, 0.1) is 0 Å². The fraction of sp³-hybridized carbons (Fsp3) is 0.632. The van der Waals surface area contributed by atoms with E-state index in [1.54, 1.807) is 17.0 Å². The molecular weight excluding hydrogens is 387 g/mol. The molecule has 1 amide bonds. The highest BCUT2D eigenvalue weighted by Crippen LogP contribution is 2.41. The van der Waals surface area contributed by atoms with Gasteiger partial charge in [0.25, 0.3) is 5.91 Å². The number of fused-ring (bicyclic) bond motifs is 1. The van der Waals surface area contributed by atoms with Crippen molar-refractivity contribution < 1.29 is 22.5 Å². The first-order valence-corrected chi connectivity index (χ1v) is 9.97. The normalized spacial score (nSPS) is 24.4. The number of aromatic nitrogens is 3. The quantitative estimate of drug-likeness (QED) is 0.829. The maximum absolute atomic E-state index is 13.5. The van der Waals surface area contributed by atoms with Crippen molar-refractivity contribution in [1.29, 1.82) is 0 Å². The van der Waals surface area contributed by atoms with Gasteiger partial charge in [0.1, 0.15) is 5.82 Å². The first-order valence-electron chi connectivity index (χ1n) is 9.97. The van der Waals surface area contributed by atoms with Crippen molar-refractivity contribution in [3.05, 3.63) is 29.3 Å². The Balaban J connectivity index is 1.52. The molecule has 1 saturated heterocycles. The number of anilines is 1. The summed E-state index contributed by atoms with van der Waals surface area (Å²) in [7, 11) is 0. The minimum absolute atomic E-state index is 0.0331. The number of amides is 1. The van der Waals surface area contributed by atoms with Gasteiger partial charge in [0.2, 0.25) is 5.76 Å². The van der Waals surface area contributed by atoms with Gasteiger partial charge in [-0.1, -0.05) is 19.0 Å². The first-order chi connectivity index (χ1) is 13.8. The molecule has 0 bridgehead atoms. The fourth-order valence-electron chi connectivity index (χ4n) is 4.06. The molecule has 1 N–H and O–H groups in total. The van der Waals surface area contributed by atoms with Crippen molar-refractivity contribution in [3.8, 4) is 0 Å². The van der Waals surface area contributed by atoms with E-state index >= 15 is 0 Å².